The average Bonchev–Trinajstić information content (AvgIpc) is 2.82. The van der Waals surface area contributed by atoms with Gasteiger partial charge in [0.2, 0.25) is 5.91 Å². The van der Waals surface area contributed by atoms with Gasteiger partial charge in [0.1, 0.15) is 0 Å². The van der Waals surface area contributed by atoms with Gasteiger partial charge in [-0.25, -0.2) is 0 Å². The molecule has 0 aliphatic heterocycles. The second-order valence-corrected chi connectivity index (χ2v) is 4.66. The third-order valence-corrected chi connectivity index (χ3v) is 3.07. The first-order valence-electron chi connectivity index (χ1n) is 6.92. The number of nitrogens with one attached hydrogen (secondary N) is 2. The topological polar surface area (TPSA) is 50.4 Å². The predicted octanol–water partition coefficient (Wildman–Crippen LogP) is 1.45. The van der Waals surface area contributed by atoms with Crippen molar-refractivity contribution < 1.29 is 9.53 Å². The molecule has 0 atom stereocenters. The third-order valence-electron chi connectivity index (χ3n) is 3.07. The summed E-state index contributed by atoms with van der Waals surface area (Å²) in [6.07, 6.45) is 7.65. The molecule has 0 bridgehead atoms. The van der Waals surface area contributed by atoms with Crippen molar-refractivity contribution in [1.29, 1.82) is 0 Å². The minimum Gasteiger partial charge on any atom is -0.377 e. The smallest absolute Gasteiger partial charge is 0.233 e. The molecule has 1 fully saturated rings. The van der Waals surface area contributed by atoms with Crippen LogP contribution in [0.4, 0.5) is 0 Å². The fourth-order valence-electron chi connectivity index (χ4n) is 2.02. The largest absolute Gasteiger partial charge is 0.377 e. The molecule has 1 rings (SSSR count). The predicted molar refractivity (Wildman–Crippen MR) is 69.0 cm³/mol. The van der Waals surface area contributed by atoms with Crippen molar-refractivity contribution in [2.75, 3.05) is 26.2 Å². The van der Waals surface area contributed by atoms with E-state index >= 15 is 0 Å². The zero-order valence-electron chi connectivity index (χ0n) is 11.0. The van der Waals surface area contributed by atoms with E-state index < -0.39 is 0 Å². The number of unbranched alkanes of at least 4 members (excludes halogenated alkanes) is 1. The number of carbonyl (C=O) groups is 1. The highest BCUT2D eigenvalue weighted by molar-refractivity contribution is 5.77. The summed E-state index contributed by atoms with van der Waals surface area (Å²) in [4.78, 5) is 11.3. The lowest BCUT2D eigenvalue weighted by molar-refractivity contribution is -0.120. The van der Waals surface area contributed by atoms with Gasteiger partial charge in [-0.1, -0.05) is 26.2 Å². The minimum absolute atomic E-state index is 0.0827. The van der Waals surface area contributed by atoms with Gasteiger partial charge in [0.05, 0.1) is 19.3 Å². The van der Waals surface area contributed by atoms with Crippen LogP contribution in [0.15, 0.2) is 0 Å². The summed E-state index contributed by atoms with van der Waals surface area (Å²) in [5.41, 5.74) is 0. The van der Waals surface area contributed by atoms with Gasteiger partial charge >= 0.3 is 0 Å². The molecule has 1 amide bonds. The molecular formula is C13H26N2O2. The van der Waals surface area contributed by atoms with Crippen LogP contribution in [0, 0.1) is 0 Å². The quantitative estimate of drug-likeness (QED) is 0.602. The van der Waals surface area contributed by atoms with Gasteiger partial charge in [0.15, 0.2) is 0 Å². The maximum absolute atomic E-state index is 11.3. The van der Waals surface area contributed by atoms with Crippen LogP contribution in [0.3, 0.4) is 0 Å². The van der Waals surface area contributed by atoms with Crippen molar-refractivity contribution >= 4 is 5.91 Å². The van der Waals surface area contributed by atoms with Crippen LogP contribution < -0.4 is 10.6 Å². The molecule has 0 unspecified atom stereocenters. The Morgan fingerprint density at radius 1 is 1.29 bits per heavy atom. The molecular weight excluding hydrogens is 216 g/mol. The van der Waals surface area contributed by atoms with E-state index in [1.54, 1.807) is 0 Å². The van der Waals surface area contributed by atoms with Crippen molar-refractivity contribution in [3.63, 3.8) is 0 Å². The molecule has 0 saturated heterocycles. The number of carbonyl (C=O) groups excluding carboxylic acids is 1. The maximum atomic E-state index is 11.3. The zero-order chi connectivity index (χ0) is 12.3. The number of amides is 1. The Morgan fingerprint density at radius 2 is 2.06 bits per heavy atom. The third kappa shape index (κ3) is 7.34. The first kappa shape index (κ1) is 14.5. The maximum Gasteiger partial charge on any atom is 0.233 e. The van der Waals surface area contributed by atoms with E-state index in [4.69, 9.17) is 4.74 Å². The second kappa shape index (κ2) is 9.42. The SMILES string of the molecule is CCCCNC(=O)CNCCOC1CCCC1. The molecule has 0 spiro atoms. The van der Waals surface area contributed by atoms with Crippen LogP contribution in [-0.2, 0) is 9.53 Å². The fourth-order valence-corrected chi connectivity index (χ4v) is 2.02. The molecule has 0 radical (unpaired) electrons. The van der Waals surface area contributed by atoms with Gasteiger partial charge in [0, 0.05) is 13.1 Å². The van der Waals surface area contributed by atoms with Crippen LogP contribution in [0.5, 0.6) is 0 Å². The molecule has 2 N–H and O–H groups in total. The van der Waals surface area contributed by atoms with Crippen LogP contribution in [0.25, 0.3) is 0 Å². The number of hydrogen-bond acceptors (Lipinski definition) is 3. The number of hydrogen-bond donors (Lipinski definition) is 2. The van der Waals surface area contributed by atoms with Crippen LogP contribution in [0.2, 0.25) is 0 Å². The van der Waals surface area contributed by atoms with E-state index in [0.29, 0.717) is 19.3 Å². The normalized spacial score (nSPS) is 16.3. The lowest BCUT2D eigenvalue weighted by Gasteiger charge is -2.11. The minimum atomic E-state index is 0.0827. The molecule has 17 heavy (non-hydrogen) atoms. The van der Waals surface area contributed by atoms with Crippen LogP contribution in [0.1, 0.15) is 45.4 Å². The van der Waals surface area contributed by atoms with Gasteiger partial charge < -0.3 is 15.4 Å². The highest BCUT2D eigenvalue weighted by Crippen LogP contribution is 2.20. The van der Waals surface area contributed by atoms with Gasteiger partial charge in [0.25, 0.3) is 0 Å². The molecule has 1 aliphatic carbocycles. The first-order chi connectivity index (χ1) is 8.33. The summed E-state index contributed by atoms with van der Waals surface area (Å²) in [5, 5.41) is 5.97. The standard InChI is InChI=1S/C13H26N2O2/c1-2-3-8-15-13(16)11-14-9-10-17-12-6-4-5-7-12/h12,14H,2-11H2,1H3,(H,15,16). The summed E-state index contributed by atoms with van der Waals surface area (Å²) < 4.78 is 5.69. The Labute approximate surface area is 104 Å². The molecule has 4 heteroatoms. The summed E-state index contributed by atoms with van der Waals surface area (Å²) in [6.45, 7) is 4.78. The fraction of sp³-hybridized carbons (Fsp3) is 0.923. The molecule has 0 aromatic rings. The summed E-state index contributed by atoms with van der Waals surface area (Å²) in [7, 11) is 0. The molecule has 0 aromatic heterocycles. The van der Waals surface area contributed by atoms with Crippen molar-refractivity contribution in [3.05, 3.63) is 0 Å². The van der Waals surface area contributed by atoms with Crippen molar-refractivity contribution in [1.82, 2.24) is 10.6 Å². The van der Waals surface area contributed by atoms with E-state index in [1.165, 1.54) is 25.7 Å². The lowest BCUT2D eigenvalue weighted by atomic mass is 10.3. The Bertz CT molecular complexity index is 204. The summed E-state index contributed by atoms with van der Waals surface area (Å²) in [6, 6.07) is 0. The van der Waals surface area contributed by atoms with Gasteiger partial charge in [-0.05, 0) is 19.3 Å². The van der Waals surface area contributed by atoms with Gasteiger partial charge in [-0.3, -0.25) is 4.79 Å². The van der Waals surface area contributed by atoms with Crippen LogP contribution >= 0.6 is 0 Å². The average molecular weight is 242 g/mol. The Morgan fingerprint density at radius 3 is 2.76 bits per heavy atom. The molecule has 100 valence electrons. The Hall–Kier alpha value is -0.610. The van der Waals surface area contributed by atoms with E-state index in [0.717, 1.165) is 25.9 Å². The monoisotopic (exact) mass is 242 g/mol. The molecule has 1 aliphatic rings. The Kier molecular flexibility index (Phi) is 8.01. The summed E-state index contributed by atoms with van der Waals surface area (Å²) in [5.74, 6) is 0.0827. The highest BCUT2D eigenvalue weighted by Gasteiger charge is 2.14. The van der Waals surface area contributed by atoms with Crippen molar-refractivity contribution in [2.45, 2.75) is 51.6 Å². The van der Waals surface area contributed by atoms with Gasteiger partial charge in [-0.15, -0.1) is 0 Å². The van der Waals surface area contributed by atoms with Crippen molar-refractivity contribution in [2.24, 2.45) is 0 Å². The van der Waals surface area contributed by atoms with E-state index in [9.17, 15) is 4.79 Å². The number of ether oxygens (including phenoxy) is 1. The number of rotatable bonds is 9. The first-order valence-corrected chi connectivity index (χ1v) is 6.92. The molecule has 0 aromatic carbocycles. The molecule has 0 heterocycles. The highest BCUT2D eigenvalue weighted by atomic mass is 16.5. The Balaban J connectivity index is 1.84. The van der Waals surface area contributed by atoms with Gasteiger partial charge in [-0.2, -0.15) is 0 Å². The lowest BCUT2D eigenvalue weighted by Crippen LogP contribution is -2.35. The zero-order valence-corrected chi connectivity index (χ0v) is 11.0. The van der Waals surface area contributed by atoms with E-state index in [-0.39, 0.29) is 5.91 Å². The second-order valence-electron chi connectivity index (χ2n) is 4.66. The van der Waals surface area contributed by atoms with E-state index in [2.05, 4.69) is 17.6 Å². The van der Waals surface area contributed by atoms with Crippen LogP contribution in [-0.4, -0.2) is 38.3 Å². The van der Waals surface area contributed by atoms with Crippen molar-refractivity contribution in [3.8, 4) is 0 Å². The molecule has 1 saturated carbocycles. The molecule has 4 nitrogen and oxygen atoms in total. The summed E-state index contributed by atoms with van der Waals surface area (Å²) >= 11 is 0. The van der Waals surface area contributed by atoms with E-state index in [1.807, 2.05) is 0 Å².